The maximum Gasteiger partial charge on any atom is 0.263 e. The highest BCUT2D eigenvalue weighted by atomic mass is 16.2. The van der Waals surface area contributed by atoms with E-state index < -0.39 is 5.56 Å². The Labute approximate surface area is 114 Å². The van der Waals surface area contributed by atoms with Gasteiger partial charge in [0.1, 0.15) is 11.9 Å². The molecule has 0 aliphatic carbocycles. The van der Waals surface area contributed by atoms with E-state index in [9.17, 15) is 14.4 Å². The van der Waals surface area contributed by atoms with Crippen molar-refractivity contribution in [1.29, 1.82) is 0 Å². The maximum absolute atomic E-state index is 11.9. The summed E-state index contributed by atoms with van der Waals surface area (Å²) in [5.41, 5.74) is -0.146. The van der Waals surface area contributed by atoms with E-state index in [2.05, 4.69) is 20.4 Å². The predicted molar refractivity (Wildman–Crippen MR) is 72.3 cm³/mol. The Morgan fingerprint density at radius 2 is 2.15 bits per heavy atom. The van der Waals surface area contributed by atoms with Gasteiger partial charge in [-0.05, 0) is 6.92 Å². The van der Waals surface area contributed by atoms with Gasteiger partial charge in [0, 0.05) is 5.92 Å². The van der Waals surface area contributed by atoms with Gasteiger partial charge in [-0.25, -0.2) is 4.68 Å². The summed E-state index contributed by atoms with van der Waals surface area (Å²) in [6.45, 7) is 4.90. The molecule has 0 atom stereocenters. The number of aromatic amines is 1. The summed E-state index contributed by atoms with van der Waals surface area (Å²) >= 11 is 0. The molecule has 2 heterocycles. The molecular weight excluding hydrogens is 262 g/mol. The lowest BCUT2D eigenvalue weighted by molar-refractivity contribution is -0.119. The molecule has 0 radical (unpaired) electrons. The zero-order valence-corrected chi connectivity index (χ0v) is 11.4. The van der Waals surface area contributed by atoms with Gasteiger partial charge in [0.05, 0.1) is 6.20 Å². The Balaban J connectivity index is 2.46. The van der Waals surface area contributed by atoms with Crippen LogP contribution in [0.2, 0.25) is 0 Å². The predicted octanol–water partition coefficient (Wildman–Crippen LogP) is 0.303. The van der Waals surface area contributed by atoms with Crippen LogP contribution in [-0.4, -0.2) is 31.4 Å². The molecule has 20 heavy (non-hydrogen) atoms. The number of nitrogens with one attached hydrogen (secondary N) is 2. The van der Waals surface area contributed by atoms with Gasteiger partial charge in [-0.3, -0.25) is 24.7 Å². The maximum atomic E-state index is 11.9. The summed E-state index contributed by atoms with van der Waals surface area (Å²) in [6.07, 6.45) is 1.35. The Morgan fingerprint density at radius 1 is 1.45 bits per heavy atom. The average molecular weight is 277 g/mol. The van der Waals surface area contributed by atoms with E-state index in [0.717, 1.165) is 0 Å². The first-order chi connectivity index (χ1) is 9.38. The fraction of sp³-hybridized carbons (Fsp3) is 0.417. The van der Waals surface area contributed by atoms with Crippen LogP contribution in [-0.2, 0) is 16.1 Å². The number of anilines is 1. The number of Topliss-reactive ketones (excluding diaryl/α,β-unsaturated/α-hetero) is 1. The molecule has 0 unspecified atom stereocenters. The molecule has 2 aromatic rings. The van der Waals surface area contributed by atoms with E-state index in [1.807, 2.05) is 0 Å². The highest BCUT2D eigenvalue weighted by molar-refractivity contribution is 5.91. The van der Waals surface area contributed by atoms with E-state index in [-0.39, 0.29) is 41.1 Å². The standard InChI is InChI=1S/C12H15N5O3/c1-6(2)10(19)15-12-14-9-8(11(20)16-12)4-13-17(9)5-7(3)18/h4,6H,5H2,1-3H3,(H2,14,15,16,19,20). The van der Waals surface area contributed by atoms with Crippen molar-refractivity contribution in [3.63, 3.8) is 0 Å². The number of nitrogens with zero attached hydrogens (tertiary/aromatic N) is 3. The van der Waals surface area contributed by atoms with Crippen LogP contribution in [0.4, 0.5) is 5.95 Å². The monoisotopic (exact) mass is 277 g/mol. The lowest BCUT2D eigenvalue weighted by atomic mass is 10.2. The van der Waals surface area contributed by atoms with Crippen LogP contribution >= 0.6 is 0 Å². The smallest absolute Gasteiger partial charge is 0.263 e. The summed E-state index contributed by atoms with van der Waals surface area (Å²) < 4.78 is 1.33. The van der Waals surface area contributed by atoms with Gasteiger partial charge in [-0.2, -0.15) is 10.1 Å². The summed E-state index contributed by atoms with van der Waals surface area (Å²) in [5.74, 6) is -0.556. The van der Waals surface area contributed by atoms with E-state index in [1.54, 1.807) is 13.8 Å². The first-order valence-corrected chi connectivity index (χ1v) is 6.14. The summed E-state index contributed by atoms with van der Waals surface area (Å²) in [5, 5.41) is 6.74. The molecule has 0 aromatic carbocycles. The fourth-order valence-corrected chi connectivity index (χ4v) is 1.61. The van der Waals surface area contributed by atoms with Crippen LogP contribution in [0.1, 0.15) is 20.8 Å². The van der Waals surface area contributed by atoms with Gasteiger partial charge in [0.15, 0.2) is 11.4 Å². The third-order valence-corrected chi connectivity index (χ3v) is 2.64. The zero-order chi connectivity index (χ0) is 14.9. The van der Waals surface area contributed by atoms with Gasteiger partial charge in [-0.15, -0.1) is 0 Å². The van der Waals surface area contributed by atoms with Gasteiger partial charge in [0.2, 0.25) is 11.9 Å². The van der Waals surface area contributed by atoms with Crippen LogP contribution in [0.5, 0.6) is 0 Å². The van der Waals surface area contributed by atoms with Gasteiger partial charge < -0.3 is 0 Å². The Hall–Kier alpha value is -2.51. The SMILES string of the molecule is CC(=O)Cn1ncc2c(=O)[nH]c(NC(=O)C(C)C)nc21. The fourth-order valence-electron chi connectivity index (χ4n) is 1.61. The first-order valence-electron chi connectivity index (χ1n) is 6.14. The summed E-state index contributed by atoms with van der Waals surface area (Å²) in [7, 11) is 0. The van der Waals surface area contributed by atoms with Crippen molar-refractivity contribution in [2.45, 2.75) is 27.3 Å². The van der Waals surface area contributed by atoms with Crippen molar-refractivity contribution < 1.29 is 9.59 Å². The normalized spacial score (nSPS) is 11.0. The van der Waals surface area contributed by atoms with E-state index in [1.165, 1.54) is 17.8 Å². The summed E-state index contributed by atoms with van der Waals surface area (Å²) in [4.78, 5) is 41.2. The molecule has 0 fully saturated rings. The number of amides is 1. The minimum atomic E-state index is -0.413. The number of carbonyl (C=O) groups excluding carboxylic acids is 2. The minimum absolute atomic E-state index is 0.0253. The number of hydrogen-bond acceptors (Lipinski definition) is 5. The highest BCUT2D eigenvalue weighted by Gasteiger charge is 2.13. The minimum Gasteiger partial charge on any atom is -0.298 e. The van der Waals surface area contributed by atoms with Crippen LogP contribution in [0.3, 0.4) is 0 Å². The number of hydrogen-bond donors (Lipinski definition) is 2. The van der Waals surface area contributed by atoms with E-state index >= 15 is 0 Å². The number of fused-ring (bicyclic) bond motifs is 1. The Morgan fingerprint density at radius 3 is 2.75 bits per heavy atom. The number of rotatable bonds is 4. The average Bonchev–Trinajstić information content (AvgIpc) is 2.72. The van der Waals surface area contributed by atoms with Crippen molar-refractivity contribution in [2.75, 3.05) is 5.32 Å². The summed E-state index contributed by atoms with van der Waals surface area (Å²) in [6, 6.07) is 0. The molecular formula is C12H15N5O3. The van der Waals surface area contributed by atoms with E-state index in [0.29, 0.717) is 0 Å². The number of ketones is 1. The third-order valence-electron chi connectivity index (χ3n) is 2.64. The molecule has 0 aliphatic heterocycles. The number of H-pyrrole nitrogens is 1. The van der Waals surface area contributed by atoms with Crippen molar-refractivity contribution in [3.8, 4) is 0 Å². The van der Waals surface area contributed by atoms with Crippen LogP contribution in [0.25, 0.3) is 11.0 Å². The lowest BCUT2D eigenvalue weighted by Gasteiger charge is -2.07. The molecule has 8 heteroatoms. The number of aromatic nitrogens is 4. The molecule has 8 nitrogen and oxygen atoms in total. The van der Waals surface area contributed by atoms with Crippen molar-refractivity contribution in [3.05, 3.63) is 16.6 Å². The van der Waals surface area contributed by atoms with Crippen LogP contribution < -0.4 is 10.9 Å². The van der Waals surface area contributed by atoms with E-state index in [4.69, 9.17) is 0 Å². The largest absolute Gasteiger partial charge is 0.298 e. The molecule has 0 saturated heterocycles. The second kappa shape index (κ2) is 5.24. The number of carbonyl (C=O) groups is 2. The second-order valence-corrected chi connectivity index (χ2v) is 4.80. The molecule has 0 saturated carbocycles. The van der Waals surface area contributed by atoms with Gasteiger partial charge in [0.25, 0.3) is 5.56 Å². The van der Waals surface area contributed by atoms with Crippen LogP contribution in [0, 0.1) is 5.92 Å². The van der Waals surface area contributed by atoms with Crippen molar-refractivity contribution in [2.24, 2.45) is 5.92 Å². The highest BCUT2D eigenvalue weighted by Crippen LogP contribution is 2.09. The third kappa shape index (κ3) is 2.73. The first kappa shape index (κ1) is 13.9. The molecule has 0 aliphatic rings. The molecule has 2 rings (SSSR count). The Bertz CT molecular complexity index is 728. The molecule has 106 valence electrons. The lowest BCUT2D eigenvalue weighted by Crippen LogP contribution is -2.22. The van der Waals surface area contributed by atoms with Crippen molar-refractivity contribution >= 4 is 28.7 Å². The molecule has 0 spiro atoms. The van der Waals surface area contributed by atoms with Crippen molar-refractivity contribution in [1.82, 2.24) is 19.7 Å². The molecule has 2 N–H and O–H groups in total. The van der Waals surface area contributed by atoms with Gasteiger partial charge in [-0.1, -0.05) is 13.8 Å². The topological polar surface area (TPSA) is 110 Å². The quantitative estimate of drug-likeness (QED) is 0.835. The van der Waals surface area contributed by atoms with Gasteiger partial charge >= 0.3 is 0 Å². The second-order valence-electron chi connectivity index (χ2n) is 4.80. The Kier molecular flexibility index (Phi) is 3.64. The molecule has 1 amide bonds. The zero-order valence-electron chi connectivity index (χ0n) is 11.4. The molecule has 0 bridgehead atoms. The molecule has 2 aromatic heterocycles. The van der Waals surface area contributed by atoms with Crippen LogP contribution in [0.15, 0.2) is 11.0 Å².